The lowest BCUT2D eigenvalue weighted by Crippen LogP contribution is -2.33. The van der Waals surface area contributed by atoms with Crippen LogP contribution in [0.5, 0.6) is 0 Å². The van der Waals surface area contributed by atoms with Crippen LogP contribution >= 0.6 is 0 Å². The minimum Gasteiger partial charge on any atom is -0.325 e. The number of carbonyl (C=O) groups is 1. The molecule has 0 aliphatic rings. The van der Waals surface area contributed by atoms with Gasteiger partial charge >= 0.3 is 6.18 Å². The fourth-order valence-corrected chi connectivity index (χ4v) is 3.03. The highest BCUT2D eigenvalue weighted by molar-refractivity contribution is 7.89. The third-order valence-electron chi connectivity index (χ3n) is 3.37. The maximum Gasteiger partial charge on any atom is 0.416 e. The van der Waals surface area contributed by atoms with Gasteiger partial charge in [-0.15, -0.1) is 0 Å². The first-order valence-electron chi connectivity index (χ1n) is 7.22. The molecule has 0 aliphatic heterocycles. The molecule has 0 saturated carbocycles. The summed E-state index contributed by atoms with van der Waals surface area (Å²) in [5, 5.41) is 2.32. The topological polar surface area (TPSA) is 75.3 Å². The highest BCUT2D eigenvalue weighted by Gasteiger charge is 2.31. The zero-order chi connectivity index (χ0) is 19.5. The molecule has 1 amide bonds. The van der Waals surface area contributed by atoms with Gasteiger partial charge in [-0.25, -0.2) is 17.5 Å². The van der Waals surface area contributed by atoms with Crippen molar-refractivity contribution in [1.82, 2.24) is 4.72 Å². The molecule has 0 atom stereocenters. The number of carbonyl (C=O) groups excluding carboxylic acids is 1. The van der Waals surface area contributed by atoms with Crippen molar-refractivity contribution >= 4 is 21.6 Å². The second-order valence-corrected chi connectivity index (χ2v) is 7.12. The van der Waals surface area contributed by atoms with Crippen molar-refractivity contribution < 1.29 is 30.8 Å². The van der Waals surface area contributed by atoms with Gasteiger partial charge < -0.3 is 5.32 Å². The third-order valence-corrected chi connectivity index (χ3v) is 4.77. The Morgan fingerprint density at radius 3 is 2.46 bits per heavy atom. The lowest BCUT2D eigenvalue weighted by Gasteiger charge is -2.11. The first-order chi connectivity index (χ1) is 12.0. The van der Waals surface area contributed by atoms with E-state index in [0.717, 1.165) is 24.3 Å². The molecule has 0 unspecified atom stereocenters. The second-order valence-electron chi connectivity index (χ2n) is 5.36. The van der Waals surface area contributed by atoms with E-state index in [2.05, 4.69) is 5.32 Å². The third kappa shape index (κ3) is 5.02. The van der Waals surface area contributed by atoms with E-state index in [9.17, 15) is 30.8 Å². The summed E-state index contributed by atoms with van der Waals surface area (Å²) in [5.74, 6) is -1.38. The number of benzene rings is 2. The molecule has 0 fully saturated rings. The lowest BCUT2D eigenvalue weighted by molar-refractivity contribution is -0.137. The monoisotopic (exact) mass is 390 g/mol. The molecule has 0 radical (unpaired) electrons. The quantitative estimate of drug-likeness (QED) is 0.771. The van der Waals surface area contributed by atoms with Crippen LogP contribution in [0.1, 0.15) is 11.1 Å². The number of rotatable bonds is 5. The van der Waals surface area contributed by atoms with E-state index in [-0.39, 0.29) is 5.69 Å². The summed E-state index contributed by atoms with van der Waals surface area (Å²) >= 11 is 0. The van der Waals surface area contributed by atoms with E-state index in [1.807, 2.05) is 4.72 Å². The fourth-order valence-electron chi connectivity index (χ4n) is 2.01. The zero-order valence-electron chi connectivity index (χ0n) is 13.4. The van der Waals surface area contributed by atoms with Crippen LogP contribution in [0.3, 0.4) is 0 Å². The largest absolute Gasteiger partial charge is 0.416 e. The molecular weight excluding hydrogens is 376 g/mol. The summed E-state index contributed by atoms with van der Waals surface area (Å²) in [7, 11) is -4.33. The number of amides is 1. The minimum atomic E-state index is -4.70. The van der Waals surface area contributed by atoms with E-state index in [1.165, 1.54) is 12.1 Å². The number of anilines is 1. The Balaban J connectivity index is 2.08. The first-order valence-corrected chi connectivity index (χ1v) is 8.70. The Kier molecular flexibility index (Phi) is 5.67. The zero-order valence-corrected chi connectivity index (χ0v) is 14.2. The Bertz CT molecular complexity index is 927. The summed E-state index contributed by atoms with van der Waals surface area (Å²) in [6.45, 7) is 0.885. The van der Waals surface area contributed by atoms with Crippen LogP contribution in [0.2, 0.25) is 0 Å². The van der Waals surface area contributed by atoms with Crippen LogP contribution in [0, 0.1) is 12.7 Å². The van der Waals surface area contributed by atoms with Gasteiger partial charge in [-0.3, -0.25) is 4.79 Å². The van der Waals surface area contributed by atoms with Crippen LogP contribution in [0.25, 0.3) is 0 Å². The molecule has 2 N–H and O–H groups in total. The van der Waals surface area contributed by atoms with E-state index in [1.54, 1.807) is 6.92 Å². The van der Waals surface area contributed by atoms with Crippen LogP contribution in [-0.4, -0.2) is 20.9 Å². The normalized spacial score (nSPS) is 12.0. The number of alkyl halides is 3. The van der Waals surface area contributed by atoms with Gasteiger partial charge in [0.25, 0.3) is 0 Å². The number of nitrogens with one attached hydrogen (secondary N) is 2. The number of sulfonamides is 1. The summed E-state index contributed by atoms with van der Waals surface area (Å²) in [6, 6.07) is 6.82. The molecule has 2 rings (SSSR count). The predicted octanol–water partition coefficient (Wildman–Crippen LogP) is 3.07. The van der Waals surface area contributed by atoms with Crippen molar-refractivity contribution in [2.75, 3.05) is 11.9 Å². The number of aryl methyl sites for hydroxylation is 1. The molecule has 0 spiro atoms. The Labute approximate surface area is 147 Å². The van der Waals surface area contributed by atoms with Crippen molar-refractivity contribution in [2.45, 2.75) is 18.0 Å². The smallest absolute Gasteiger partial charge is 0.325 e. The molecular formula is C16H14F4N2O3S. The number of hydrogen-bond donors (Lipinski definition) is 2. The second kappa shape index (κ2) is 7.42. The molecule has 0 aromatic heterocycles. The SMILES string of the molecule is Cc1ccc(F)cc1NC(=O)CNS(=O)(=O)c1cccc(C(F)(F)F)c1. The van der Waals surface area contributed by atoms with Gasteiger partial charge in [0.1, 0.15) is 5.82 Å². The number of halogens is 4. The van der Waals surface area contributed by atoms with Crippen molar-refractivity contribution in [3.05, 3.63) is 59.4 Å². The number of hydrogen-bond acceptors (Lipinski definition) is 3. The molecule has 0 aliphatic carbocycles. The highest BCUT2D eigenvalue weighted by Crippen LogP contribution is 2.30. The molecule has 2 aromatic carbocycles. The Morgan fingerprint density at radius 1 is 1.12 bits per heavy atom. The minimum absolute atomic E-state index is 0.160. The van der Waals surface area contributed by atoms with Gasteiger partial charge in [-0.1, -0.05) is 12.1 Å². The van der Waals surface area contributed by atoms with Gasteiger partial charge in [0.15, 0.2) is 0 Å². The summed E-state index contributed by atoms with van der Waals surface area (Å²) < 4.78 is 77.2. The fraction of sp³-hybridized carbons (Fsp3) is 0.188. The maximum atomic E-state index is 13.2. The molecule has 10 heteroatoms. The van der Waals surface area contributed by atoms with Gasteiger partial charge in [-0.05, 0) is 42.8 Å². The molecule has 140 valence electrons. The molecule has 26 heavy (non-hydrogen) atoms. The molecule has 0 saturated heterocycles. The Morgan fingerprint density at radius 2 is 1.81 bits per heavy atom. The van der Waals surface area contributed by atoms with E-state index in [4.69, 9.17) is 0 Å². The van der Waals surface area contributed by atoms with Gasteiger partial charge in [-0.2, -0.15) is 13.2 Å². The lowest BCUT2D eigenvalue weighted by atomic mass is 10.2. The van der Waals surface area contributed by atoms with Crippen LogP contribution in [0.15, 0.2) is 47.4 Å². The van der Waals surface area contributed by atoms with Crippen LogP contribution in [0.4, 0.5) is 23.2 Å². The van der Waals surface area contributed by atoms with Gasteiger partial charge in [0, 0.05) is 5.69 Å². The standard InChI is InChI=1S/C16H14F4N2O3S/c1-10-5-6-12(17)8-14(10)22-15(23)9-21-26(24,25)13-4-2-3-11(7-13)16(18,19)20/h2-8,21H,9H2,1H3,(H,22,23). The summed E-state index contributed by atoms with van der Waals surface area (Å²) in [6.07, 6.45) is -4.70. The average molecular weight is 390 g/mol. The summed E-state index contributed by atoms with van der Waals surface area (Å²) in [5.41, 5.74) is -0.408. The molecule has 2 aromatic rings. The summed E-state index contributed by atoms with van der Waals surface area (Å²) in [4.78, 5) is 11.2. The average Bonchev–Trinajstić information content (AvgIpc) is 2.56. The van der Waals surface area contributed by atoms with Crippen LogP contribution in [-0.2, 0) is 21.0 Å². The molecule has 5 nitrogen and oxygen atoms in total. The van der Waals surface area contributed by atoms with Crippen molar-refractivity contribution in [3.8, 4) is 0 Å². The van der Waals surface area contributed by atoms with E-state index >= 15 is 0 Å². The highest BCUT2D eigenvalue weighted by atomic mass is 32.2. The molecule has 0 bridgehead atoms. The van der Waals surface area contributed by atoms with Crippen molar-refractivity contribution in [3.63, 3.8) is 0 Å². The van der Waals surface area contributed by atoms with Crippen LogP contribution < -0.4 is 10.0 Å². The maximum absolute atomic E-state index is 13.2. The van der Waals surface area contributed by atoms with E-state index in [0.29, 0.717) is 11.6 Å². The van der Waals surface area contributed by atoms with Gasteiger partial charge in [0.2, 0.25) is 15.9 Å². The molecule has 0 heterocycles. The predicted molar refractivity (Wildman–Crippen MR) is 86.4 cm³/mol. The van der Waals surface area contributed by atoms with Gasteiger partial charge in [0.05, 0.1) is 17.0 Å². The first kappa shape index (κ1) is 19.9. The Hall–Kier alpha value is -2.46. The van der Waals surface area contributed by atoms with E-state index < -0.39 is 44.9 Å². The van der Waals surface area contributed by atoms with Crippen molar-refractivity contribution in [1.29, 1.82) is 0 Å². The van der Waals surface area contributed by atoms with Crippen molar-refractivity contribution in [2.24, 2.45) is 0 Å².